The van der Waals surface area contributed by atoms with Crippen molar-refractivity contribution in [2.75, 3.05) is 0 Å². The molecule has 0 spiro atoms. The van der Waals surface area contributed by atoms with Gasteiger partial charge in [0.2, 0.25) is 0 Å². The van der Waals surface area contributed by atoms with Crippen molar-refractivity contribution < 1.29 is 4.42 Å². The summed E-state index contributed by atoms with van der Waals surface area (Å²) in [5, 5.41) is 9.64. The van der Waals surface area contributed by atoms with Gasteiger partial charge in [0.05, 0.1) is 33.1 Å². The van der Waals surface area contributed by atoms with Crippen LogP contribution in [0.15, 0.2) is 186 Å². The molecule has 0 unspecified atom stereocenters. The molecule has 61 heavy (non-hydrogen) atoms. The molecule has 0 N–H and O–H groups in total. The van der Waals surface area contributed by atoms with E-state index in [0.717, 1.165) is 50.0 Å². The Morgan fingerprint density at radius 2 is 0.672 bits per heavy atom. The van der Waals surface area contributed by atoms with Crippen LogP contribution in [0.3, 0.4) is 0 Å². The summed E-state index contributed by atoms with van der Waals surface area (Å²) in [6, 6.07) is 66.9. The molecule has 4 nitrogen and oxygen atoms in total. The Kier molecular flexibility index (Phi) is 7.04. The fourth-order valence-corrected chi connectivity index (χ4v) is 10.7. The molecule has 0 aliphatic rings. The van der Waals surface area contributed by atoms with Gasteiger partial charge in [-0.25, -0.2) is 0 Å². The van der Waals surface area contributed by atoms with E-state index in [1.54, 1.807) is 0 Å². The predicted molar refractivity (Wildman–Crippen MR) is 256 cm³/mol. The van der Waals surface area contributed by atoms with E-state index in [9.17, 15) is 0 Å². The highest BCUT2D eigenvalue weighted by molar-refractivity contribution is 6.15. The number of nitrogens with zero attached hydrogens (tertiary/aromatic N) is 3. The van der Waals surface area contributed by atoms with E-state index >= 15 is 0 Å². The van der Waals surface area contributed by atoms with Gasteiger partial charge in [-0.2, -0.15) is 0 Å². The SMILES string of the molecule is Cc1cc(C)c(-c2ccc3oc4ccc(-n5c6ccc(-n7c8ccccc8c8ccccc87)cc6c6cc(-n7c8ccccc8c8ccccc87)ccc65)cc4c3c2)c(C)c1. The van der Waals surface area contributed by atoms with Crippen molar-refractivity contribution in [1.29, 1.82) is 0 Å². The first-order valence-electron chi connectivity index (χ1n) is 21.1. The van der Waals surface area contributed by atoms with Crippen molar-refractivity contribution in [2.24, 2.45) is 0 Å². The average molecular weight is 782 g/mol. The Labute approximate surface area is 351 Å². The minimum atomic E-state index is 0.885. The molecule has 0 saturated heterocycles. The molecule has 4 heteroatoms. The summed E-state index contributed by atoms with van der Waals surface area (Å²) in [7, 11) is 0. The van der Waals surface area contributed by atoms with Gasteiger partial charge in [0.1, 0.15) is 11.2 Å². The molecule has 0 fully saturated rings. The lowest BCUT2D eigenvalue weighted by Gasteiger charge is -2.12. The first kappa shape index (κ1) is 34.1. The Bertz CT molecular complexity index is 3680. The number of hydrogen-bond acceptors (Lipinski definition) is 1. The van der Waals surface area contributed by atoms with Gasteiger partial charge < -0.3 is 18.1 Å². The van der Waals surface area contributed by atoms with Crippen LogP contribution >= 0.6 is 0 Å². The summed E-state index contributed by atoms with van der Waals surface area (Å²) in [5.41, 5.74) is 18.6. The smallest absolute Gasteiger partial charge is 0.135 e. The molecule has 4 heterocycles. The van der Waals surface area contributed by atoms with Crippen LogP contribution in [0.25, 0.3) is 116 Å². The predicted octanol–water partition coefficient (Wildman–Crippen LogP) is 15.5. The Hall–Kier alpha value is -7.82. The zero-order valence-corrected chi connectivity index (χ0v) is 34.1. The first-order valence-corrected chi connectivity index (χ1v) is 21.1. The maximum atomic E-state index is 6.51. The lowest BCUT2D eigenvalue weighted by molar-refractivity contribution is 0.669. The largest absolute Gasteiger partial charge is 0.456 e. The summed E-state index contributed by atoms with van der Waals surface area (Å²) in [4.78, 5) is 0. The fourth-order valence-electron chi connectivity index (χ4n) is 10.7. The second-order valence-corrected chi connectivity index (χ2v) is 16.7. The topological polar surface area (TPSA) is 27.9 Å². The monoisotopic (exact) mass is 781 g/mol. The number of furan rings is 1. The van der Waals surface area contributed by atoms with Crippen molar-refractivity contribution in [3.63, 3.8) is 0 Å². The Morgan fingerprint density at radius 1 is 0.311 bits per heavy atom. The van der Waals surface area contributed by atoms with E-state index in [4.69, 9.17) is 4.42 Å². The Balaban J connectivity index is 1.08. The van der Waals surface area contributed by atoms with Crippen LogP contribution in [0.2, 0.25) is 0 Å². The molecular formula is C57H39N3O. The van der Waals surface area contributed by atoms with Crippen LogP contribution in [0.5, 0.6) is 0 Å². The molecule has 13 aromatic rings. The summed E-state index contributed by atoms with van der Waals surface area (Å²) < 4.78 is 13.8. The second kappa shape index (κ2) is 12.6. The highest BCUT2D eigenvalue weighted by Gasteiger charge is 2.20. The molecular weight excluding hydrogens is 743 g/mol. The highest BCUT2D eigenvalue weighted by Crippen LogP contribution is 2.41. The maximum absolute atomic E-state index is 6.51. The molecule has 9 aromatic carbocycles. The second-order valence-electron chi connectivity index (χ2n) is 16.7. The molecule has 0 radical (unpaired) electrons. The third-order valence-corrected chi connectivity index (χ3v) is 13.1. The third-order valence-electron chi connectivity index (χ3n) is 13.1. The number of hydrogen-bond donors (Lipinski definition) is 0. The number of benzene rings is 9. The van der Waals surface area contributed by atoms with Crippen molar-refractivity contribution >= 4 is 87.4 Å². The minimum absolute atomic E-state index is 0.885. The zero-order valence-electron chi connectivity index (χ0n) is 34.1. The number of aryl methyl sites for hydroxylation is 3. The molecule has 0 aliphatic heterocycles. The van der Waals surface area contributed by atoms with Crippen LogP contribution in [-0.4, -0.2) is 13.7 Å². The maximum Gasteiger partial charge on any atom is 0.135 e. The fraction of sp³-hybridized carbons (Fsp3) is 0.0526. The molecule has 288 valence electrons. The van der Waals surface area contributed by atoms with Gasteiger partial charge in [-0.3, -0.25) is 0 Å². The molecule has 0 bridgehead atoms. The zero-order chi connectivity index (χ0) is 40.5. The van der Waals surface area contributed by atoms with E-state index in [1.807, 2.05) is 0 Å². The number of fused-ring (bicyclic) bond motifs is 12. The van der Waals surface area contributed by atoms with Crippen LogP contribution in [0.4, 0.5) is 0 Å². The molecule has 0 aliphatic carbocycles. The summed E-state index contributed by atoms with van der Waals surface area (Å²) in [6.45, 7) is 6.60. The highest BCUT2D eigenvalue weighted by atomic mass is 16.3. The summed E-state index contributed by atoms with van der Waals surface area (Å²) >= 11 is 0. The molecule has 0 amide bonds. The normalized spacial score (nSPS) is 12.2. The average Bonchev–Trinajstić information content (AvgIpc) is 4.02. The quantitative estimate of drug-likeness (QED) is 0.175. The summed E-state index contributed by atoms with van der Waals surface area (Å²) in [5.74, 6) is 0. The van der Waals surface area contributed by atoms with Gasteiger partial charge in [-0.15, -0.1) is 0 Å². The van der Waals surface area contributed by atoms with Crippen molar-refractivity contribution in [3.8, 4) is 28.2 Å². The van der Waals surface area contributed by atoms with Gasteiger partial charge in [0.25, 0.3) is 0 Å². The van der Waals surface area contributed by atoms with Crippen molar-refractivity contribution in [2.45, 2.75) is 20.8 Å². The lowest BCUT2D eigenvalue weighted by atomic mass is 9.93. The van der Waals surface area contributed by atoms with Gasteiger partial charge >= 0.3 is 0 Å². The molecule has 0 atom stereocenters. The molecule has 13 rings (SSSR count). The lowest BCUT2D eigenvalue weighted by Crippen LogP contribution is -1.96. The van der Waals surface area contributed by atoms with Gasteiger partial charge in [-0.1, -0.05) is 96.6 Å². The Morgan fingerprint density at radius 3 is 1.13 bits per heavy atom. The molecule has 0 saturated carbocycles. The van der Waals surface area contributed by atoms with E-state index in [0.29, 0.717) is 0 Å². The standard InChI is InChI=1S/C57H39N3O/c1-34-28-35(2)57(36(3)29-34)37-20-26-55-47(30-37)48-33-40(23-27-56(48)61-55)60-53-24-21-38(58-49-16-8-4-12-41(49)42-13-5-9-17-50(42)58)31-45(53)46-32-39(22-25-54(46)60)59-51-18-10-6-14-43(51)44-15-7-11-19-52(44)59/h4-33H,1-3H3. The third kappa shape index (κ3) is 4.87. The van der Waals surface area contributed by atoms with E-state index in [1.165, 1.54) is 82.2 Å². The van der Waals surface area contributed by atoms with E-state index in [-0.39, 0.29) is 0 Å². The number of aromatic nitrogens is 3. The van der Waals surface area contributed by atoms with Crippen molar-refractivity contribution in [3.05, 3.63) is 199 Å². The van der Waals surface area contributed by atoms with Crippen LogP contribution in [0, 0.1) is 20.8 Å². The van der Waals surface area contributed by atoms with Gasteiger partial charge in [-0.05, 0) is 134 Å². The first-order chi connectivity index (χ1) is 30.0. The van der Waals surface area contributed by atoms with Crippen LogP contribution in [0.1, 0.15) is 16.7 Å². The number of para-hydroxylation sites is 4. The molecule has 4 aromatic heterocycles. The van der Waals surface area contributed by atoms with E-state index < -0.39 is 0 Å². The number of rotatable bonds is 4. The summed E-state index contributed by atoms with van der Waals surface area (Å²) in [6.07, 6.45) is 0. The van der Waals surface area contributed by atoms with Crippen molar-refractivity contribution in [1.82, 2.24) is 13.7 Å². The van der Waals surface area contributed by atoms with Crippen LogP contribution < -0.4 is 0 Å². The van der Waals surface area contributed by atoms with Crippen LogP contribution in [-0.2, 0) is 0 Å². The van der Waals surface area contributed by atoms with E-state index in [2.05, 4.69) is 216 Å². The van der Waals surface area contributed by atoms with Gasteiger partial charge in [0.15, 0.2) is 0 Å². The minimum Gasteiger partial charge on any atom is -0.456 e. The van der Waals surface area contributed by atoms with Gasteiger partial charge in [0, 0.05) is 60.2 Å².